The highest BCUT2D eigenvalue weighted by Crippen LogP contribution is 2.27. The first-order valence-electron chi connectivity index (χ1n) is 5.52. The van der Waals surface area contributed by atoms with Crippen LogP contribution >= 0.6 is 0 Å². The molecule has 0 aromatic heterocycles. The summed E-state index contributed by atoms with van der Waals surface area (Å²) in [5.74, 6) is 0. The van der Waals surface area contributed by atoms with E-state index in [2.05, 4.69) is 31.2 Å². The highest BCUT2D eigenvalue weighted by Gasteiger charge is 2.25. The van der Waals surface area contributed by atoms with E-state index >= 15 is 0 Å². The molecular weight excluding hydrogens is 160 g/mol. The van der Waals surface area contributed by atoms with Crippen molar-refractivity contribution < 1.29 is 0 Å². The molecule has 0 spiro atoms. The quantitative estimate of drug-likeness (QED) is 0.717. The molecule has 13 heavy (non-hydrogen) atoms. The average molecular weight is 184 g/mol. The van der Waals surface area contributed by atoms with Gasteiger partial charge >= 0.3 is 0 Å². The van der Waals surface area contributed by atoms with E-state index in [0.29, 0.717) is 5.54 Å². The van der Waals surface area contributed by atoms with Crippen molar-refractivity contribution in [3.63, 3.8) is 0 Å². The Hall–Kier alpha value is -0.0800. The van der Waals surface area contributed by atoms with Gasteiger partial charge < -0.3 is 10.2 Å². The van der Waals surface area contributed by atoms with Crippen LogP contribution in [0.3, 0.4) is 0 Å². The molecule has 0 radical (unpaired) electrons. The van der Waals surface area contributed by atoms with Crippen LogP contribution in [-0.4, -0.2) is 37.6 Å². The van der Waals surface area contributed by atoms with Crippen LogP contribution in [0.25, 0.3) is 0 Å². The van der Waals surface area contributed by atoms with Gasteiger partial charge in [0.2, 0.25) is 0 Å². The number of hydrogen-bond donors (Lipinski definition) is 1. The zero-order valence-corrected chi connectivity index (χ0v) is 9.40. The topological polar surface area (TPSA) is 15.3 Å². The molecule has 2 nitrogen and oxygen atoms in total. The molecule has 0 aromatic carbocycles. The van der Waals surface area contributed by atoms with Gasteiger partial charge in [-0.3, -0.25) is 0 Å². The van der Waals surface area contributed by atoms with E-state index in [-0.39, 0.29) is 0 Å². The largest absolute Gasteiger partial charge is 0.310 e. The van der Waals surface area contributed by atoms with Crippen molar-refractivity contribution in [1.82, 2.24) is 10.2 Å². The second-order valence-corrected chi connectivity index (χ2v) is 4.85. The van der Waals surface area contributed by atoms with Gasteiger partial charge in [0.15, 0.2) is 0 Å². The van der Waals surface area contributed by atoms with Crippen LogP contribution < -0.4 is 5.32 Å². The molecule has 0 amide bonds. The van der Waals surface area contributed by atoms with Crippen molar-refractivity contribution in [2.75, 3.05) is 27.2 Å². The lowest BCUT2D eigenvalue weighted by atomic mass is 9.83. The molecular formula is C11H24N2. The molecule has 1 N–H and O–H groups in total. The van der Waals surface area contributed by atoms with E-state index in [4.69, 9.17) is 0 Å². The van der Waals surface area contributed by atoms with Gasteiger partial charge in [-0.2, -0.15) is 0 Å². The lowest BCUT2D eigenvalue weighted by Crippen LogP contribution is -2.46. The molecule has 1 aliphatic carbocycles. The third kappa shape index (κ3) is 4.10. The summed E-state index contributed by atoms with van der Waals surface area (Å²) < 4.78 is 0. The summed E-state index contributed by atoms with van der Waals surface area (Å²) in [7, 11) is 4.26. The predicted octanol–water partition coefficient (Wildman–Crippen LogP) is 1.86. The van der Waals surface area contributed by atoms with Gasteiger partial charge in [-0.1, -0.05) is 19.3 Å². The second kappa shape index (κ2) is 4.97. The van der Waals surface area contributed by atoms with Crippen molar-refractivity contribution in [1.29, 1.82) is 0 Å². The van der Waals surface area contributed by atoms with E-state index in [1.165, 1.54) is 32.1 Å². The Bertz CT molecular complexity index is 137. The minimum atomic E-state index is 0.439. The lowest BCUT2D eigenvalue weighted by Gasteiger charge is -2.35. The number of hydrogen-bond acceptors (Lipinski definition) is 2. The van der Waals surface area contributed by atoms with Crippen LogP contribution in [0.1, 0.15) is 39.0 Å². The molecule has 0 bridgehead atoms. The summed E-state index contributed by atoms with van der Waals surface area (Å²) in [5.41, 5.74) is 0.439. The standard InChI is InChI=1S/C11H24N2/c1-11(7-5-4-6-8-11)12-9-10-13(2)3/h12H,4-10H2,1-3H3. The number of rotatable bonds is 4. The van der Waals surface area contributed by atoms with Crippen molar-refractivity contribution >= 4 is 0 Å². The van der Waals surface area contributed by atoms with Crippen molar-refractivity contribution in [2.24, 2.45) is 0 Å². The van der Waals surface area contributed by atoms with E-state index in [0.717, 1.165) is 13.1 Å². The van der Waals surface area contributed by atoms with Gasteiger partial charge in [0, 0.05) is 18.6 Å². The van der Waals surface area contributed by atoms with Crippen molar-refractivity contribution in [3.05, 3.63) is 0 Å². The van der Waals surface area contributed by atoms with Gasteiger partial charge in [0.05, 0.1) is 0 Å². The van der Waals surface area contributed by atoms with Crippen molar-refractivity contribution in [3.8, 4) is 0 Å². The SMILES string of the molecule is CN(C)CCNC1(C)CCCCC1. The minimum Gasteiger partial charge on any atom is -0.310 e. The molecule has 1 fully saturated rings. The number of nitrogens with zero attached hydrogens (tertiary/aromatic N) is 1. The fourth-order valence-electron chi connectivity index (χ4n) is 2.09. The van der Waals surface area contributed by atoms with Crippen LogP contribution in [0.15, 0.2) is 0 Å². The molecule has 2 heteroatoms. The maximum Gasteiger partial charge on any atom is 0.0153 e. The maximum atomic E-state index is 3.69. The summed E-state index contributed by atoms with van der Waals surface area (Å²) in [5, 5.41) is 3.69. The third-order valence-corrected chi connectivity index (χ3v) is 3.07. The Morgan fingerprint density at radius 3 is 2.31 bits per heavy atom. The molecule has 78 valence electrons. The van der Waals surface area contributed by atoms with Crippen LogP contribution in [0, 0.1) is 0 Å². The zero-order valence-electron chi connectivity index (χ0n) is 9.40. The molecule has 0 aliphatic heterocycles. The molecule has 0 heterocycles. The first kappa shape index (κ1) is 11.0. The van der Waals surface area contributed by atoms with E-state index in [1.807, 2.05) is 0 Å². The first-order chi connectivity index (χ1) is 6.12. The van der Waals surface area contributed by atoms with E-state index < -0.39 is 0 Å². The summed E-state index contributed by atoms with van der Waals surface area (Å²) in [4.78, 5) is 2.24. The van der Waals surface area contributed by atoms with Gasteiger partial charge in [-0.05, 0) is 33.9 Å². The third-order valence-electron chi connectivity index (χ3n) is 3.07. The molecule has 0 aromatic rings. The smallest absolute Gasteiger partial charge is 0.0153 e. The van der Waals surface area contributed by atoms with Gasteiger partial charge in [-0.25, -0.2) is 0 Å². The first-order valence-corrected chi connectivity index (χ1v) is 5.52. The van der Waals surface area contributed by atoms with E-state index in [9.17, 15) is 0 Å². The number of nitrogens with one attached hydrogen (secondary N) is 1. The summed E-state index contributed by atoms with van der Waals surface area (Å²) in [6, 6.07) is 0. The van der Waals surface area contributed by atoms with Gasteiger partial charge in [0.1, 0.15) is 0 Å². The highest BCUT2D eigenvalue weighted by atomic mass is 15.1. The molecule has 0 atom stereocenters. The highest BCUT2D eigenvalue weighted by molar-refractivity contribution is 4.86. The Balaban J connectivity index is 2.17. The molecule has 1 saturated carbocycles. The molecule has 1 rings (SSSR count). The van der Waals surface area contributed by atoms with Crippen LogP contribution in [0.5, 0.6) is 0 Å². The predicted molar refractivity (Wildman–Crippen MR) is 58.0 cm³/mol. The molecule has 1 aliphatic rings. The second-order valence-electron chi connectivity index (χ2n) is 4.85. The fraction of sp³-hybridized carbons (Fsp3) is 1.00. The summed E-state index contributed by atoms with van der Waals surface area (Å²) in [6.45, 7) is 4.65. The zero-order chi connectivity index (χ0) is 9.73. The Morgan fingerprint density at radius 2 is 1.77 bits per heavy atom. The van der Waals surface area contributed by atoms with Crippen LogP contribution in [0.2, 0.25) is 0 Å². The van der Waals surface area contributed by atoms with E-state index in [1.54, 1.807) is 0 Å². The van der Waals surface area contributed by atoms with Crippen LogP contribution in [-0.2, 0) is 0 Å². The number of likely N-dealkylation sites (N-methyl/N-ethyl adjacent to an activating group) is 1. The normalized spacial score (nSPS) is 22.2. The monoisotopic (exact) mass is 184 g/mol. The fourth-order valence-corrected chi connectivity index (χ4v) is 2.09. The van der Waals surface area contributed by atoms with Gasteiger partial charge in [-0.15, -0.1) is 0 Å². The maximum absolute atomic E-state index is 3.69. The Morgan fingerprint density at radius 1 is 1.15 bits per heavy atom. The molecule has 0 unspecified atom stereocenters. The van der Waals surface area contributed by atoms with Crippen LogP contribution in [0.4, 0.5) is 0 Å². The lowest BCUT2D eigenvalue weighted by molar-refractivity contribution is 0.244. The van der Waals surface area contributed by atoms with Crippen molar-refractivity contribution in [2.45, 2.75) is 44.6 Å². The average Bonchev–Trinajstić information content (AvgIpc) is 2.04. The molecule has 0 saturated heterocycles. The Labute approximate surface area is 82.7 Å². The Kier molecular flexibility index (Phi) is 4.20. The minimum absolute atomic E-state index is 0.439. The summed E-state index contributed by atoms with van der Waals surface area (Å²) >= 11 is 0. The van der Waals surface area contributed by atoms with Gasteiger partial charge in [0.25, 0.3) is 0 Å². The summed E-state index contributed by atoms with van der Waals surface area (Å²) in [6.07, 6.45) is 6.97.